The van der Waals surface area contributed by atoms with Gasteiger partial charge in [-0.05, 0) is 103 Å². The lowest BCUT2D eigenvalue weighted by Crippen LogP contribution is -2.53. The van der Waals surface area contributed by atoms with E-state index < -0.39 is 0 Å². The first-order valence-corrected chi connectivity index (χ1v) is 13.6. The van der Waals surface area contributed by atoms with Crippen molar-refractivity contribution < 1.29 is 9.90 Å². The van der Waals surface area contributed by atoms with E-state index in [0.717, 1.165) is 12.8 Å². The number of carbonyl (C=O) groups excluding carboxylic acids is 1. The Balaban J connectivity index is 1.57. The molecule has 0 amide bonds. The molecule has 0 saturated heterocycles. The summed E-state index contributed by atoms with van der Waals surface area (Å²) in [5, 5.41) is 10.2. The summed E-state index contributed by atoms with van der Waals surface area (Å²) >= 11 is 0. The number of allylic oxidation sites excluding steroid dienone is 3. The zero-order chi connectivity index (χ0) is 23.4. The molecule has 1 N–H and O–H groups in total. The number of hydrogen-bond donors (Lipinski definition) is 1. The molecule has 32 heavy (non-hydrogen) atoms. The van der Waals surface area contributed by atoms with Gasteiger partial charge in [0.25, 0.3) is 0 Å². The van der Waals surface area contributed by atoms with E-state index in [2.05, 4.69) is 60.6 Å². The van der Waals surface area contributed by atoms with Gasteiger partial charge >= 0.3 is 0 Å². The van der Waals surface area contributed by atoms with Crippen molar-refractivity contribution in [2.75, 3.05) is 0 Å². The van der Waals surface area contributed by atoms with Crippen LogP contribution >= 0.6 is 0 Å². The first-order valence-electron chi connectivity index (χ1n) is 13.6. The SMILES string of the molecule is CC(C)C(/C=C/[C@H](C)[C@H]1CC[C@H]2[C@@H]3C(=O)C=C4C[C@@H](O)CC[C@]4(C)[C@H]3CC[C@]12C)C(C)C. The normalized spacial score (nSPS) is 42.9. The second-order valence-corrected chi connectivity index (χ2v) is 13.2. The van der Waals surface area contributed by atoms with Gasteiger partial charge in [-0.2, -0.15) is 0 Å². The summed E-state index contributed by atoms with van der Waals surface area (Å²) in [6.45, 7) is 16.7. The Morgan fingerprint density at radius 2 is 1.62 bits per heavy atom. The van der Waals surface area contributed by atoms with Crippen LogP contribution in [0.5, 0.6) is 0 Å². The Bertz CT molecular complexity index is 768. The quantitative estimate of drug-likeness (QED) is 0.458. The van der Waals surface area contributed by atoms with Crippen molar-refractivity contribution in [3.63, 3.8) is 0 Å². The fraction of sp³-hybridized carbons (Fsp3) is 0.833. The second-order valence-electron chi connectivity index (χ2n) is 13.2. The minimum atomic E-state index is -0.253. The highest BCUT2D eigenvalue weighted by Crippen LogP contribution is 2.66. The lowest BCUT2D eigenvalue weighted by Gasteiger charge is -2.57. The van der Waals surface area contributed by atoms with Crippen molar-refractivity contribution in [2.24, 2.45) is 58.2 Å². The van der Waals surface area contributed by atoms with Gasteiger partial charge in [-0.1, -0.05) is 66.2 Å². The van der Waals surface area contributed by atoms with E-state index in [0.29, 0.717) is 53.6 Å². The van der Waals surface area contributed by atoms with Crippen LogP contribution in [0.1, 0.15) is 93.4 Å². The molecule has 0 heterocycles. The van der Waals surface area contributed by atoms with E-state index in [9.17, 15) is 9.90 Å². The largest absolute Gasteiger partial charge is 0.393 e. The molecule has 0 aromatic rings. The summed E-state index contributed by atoms with van der Waals surface area (Å²) in [5.41, 5.74) is 1.66. The maximum Gasteiger partial charge on any atom is 0.159 e. The molecule has 3 saturated carbocycles. The van der Waals surface area contributed by atoms with E-state index in [-0.39, 0.29) is 22.9 Å². The van der Waals surface area contributed by atoms with E-state index in [4.69, 9.17) is 0 Å². The monoisotopic (exact) mass is 440 g/mol. The van der Waals surface area contributed by atoms with Crippen molar-refractivity contribution >= 4 is 5.78 Å². The number of ketones is 1. The molecule has 3 fully saturated rings. The highest BCUT2D eigenvalue weighted by molar-refractivity contribution is 5.94. The van der Waals surface area contributed by atoms with Gasteiger partial charge in [-0.15, -0.1) is 0 Å². The Morgan fingerprint density at radius 3 is 2.28 bits per heavy atom. The average Bonchev–Trinajstić information content (AvgIpc) is 3.06. The first-order chi connectivity index (χ1) is 15.0. The summed E-state index contributed by atoms with van der Waals surface area (Å²) < 4.78 is 0. The van der Waals surface area contributed by atoms with Crippen molar-refractivity contribution in [3.8, 4) is 0 Å². The highest BCUT2D eigenvalue weighted by Gasteiger charge is 2.61. The molecular formula is C30H48O2. The molecule has 2 nitrogen and oxygen atoms in total. The van der Waals surface area contributed by atoms with Crippen LogP contribution in [-0.2, 0) is 4.79 Å². The number of aliphatic hydroxyl groups is 1. The molecule has 4 aliphatic rings. The van der Waals surface area contributed by atoms with Crippen LogP contribution in [0.2, 0.25) is 0 Å². The standard InChI is InChI=1S/C30H48O2/c1-18(2)23(19(3)4)9-8-20(5)24-10-11-25-28-26(13-15-30(24,25)7)29(6)14-12-22(31)16-21(29)17-27(28)32/h8-9,17-20,22-26,28,31H,10-16H2,1-7H3/b9-8+/t20-,22-,24+,25-,26-,28-,29-,30+/m0/s1. The Kier molecular flexibility index (Phi) is 6.60. The number of fused-ring (bicyclic) bond motifs is 5. The zero-order valence-corrected chi connectivity index (χ0v) is 21.7. The lowest BCUT2D eigenvalue weighted by atomic mass is 9.46. The van der Waals surface area contributed by atoms with Gasteiger partial charge in [0, 0.05) is 5.92 Å². The first kappa shape index (κ1) is 24.2. The summed E-state index contributed by atoms with van der Waals surface area (Å²) in [7, 11) is 0. The zero-order valence-electron chi connectivity index (χ0n) is 21.7. The molecule has 180 valence electrons. The molecule has 8 atom stereocenters. The van der Waals surface area contributed by atoms with Crippen LogP contribution in [0.3, 0.4) is 0 Å². The third kappa shape index (κ3) is 3.87. The van der Waals surface area contributed by atoms with Gasteiger partial charge in [-0.25, -0.2) is 0 Å². The number of rotatable bonds is 5. The molecule has 2 heteroatoms. The van der Waals surface area contributed by atoms with Crippen molar-refractivity contribution in [1.82, 2.24) is 0 Å². The smallest absolute Gasteiger partial charge is 0.159 e. The molecule has 4 rings (SSSR count). The van der Waals surface area contributed by atoms with Crippen LogP contribution in [0, 0.1) is 58.2 Å². The van der Waals surface area contributed by atoms with E-state index in [1.807, 2.05) is 6.08 Å². The summed E-state index contributed by atoms with van der Waals surface area (Å²) in [6.07, 6.45) is 14.4. The predicted molar refractivity (Wildman–Crippen MR) is 133 cm³/mol. The Hall–Kier alpha value is -0.890. The van der Waals surface area contributed by atoms with Crippen LogP contribution in [-0.4, -0.2) is 17.0 Å². The van der Waals surface area contributed by atoms with Crippen LogP contribution in [0.25, 0.3) is 0 Å². The molecule has 0 bridgehead atoms. The molecule has 0 aromatic heterocycles. The van der Waals surface area contributed by atoms with Crippen LogP contribution in [0.15, 0.2) is 23.8 Å². The Morgan fingerprint density at radius 1 is 0.938 bits per heavy atom. The summed E-state index contributed by atoms with van der Waals surface area (Å²) in [4.78, 5) is 13.5. The predicted octanol–water partition coefficient (Wildman–Crippen LogP) is 7.23. The average molecular weight is 441 g/mol. The van der Waals surface area contributed by atoms with Crippen molar-refractivity contribution in [3.05, 3.63) is 23.8 Å². The van der Waals surface area contributed by atoms with Gasteiger partial charge in [0.05, 0.1) is 6.10 Å². The fourth-order valence-corrected chi connectivity index (χ4v) is 8.94. The molecular weight excluding hydrogens is 392 g/mol. The molecule has 0 aromatic carbocycles. The van der Waals surface area contributed by atoms with E-state index in [1.165, 1.54) is 31.3 Å². The number of carbonyl (C=O) groups is 1. The van der Waals surface area contributed by atoms with Crippen LogP contribution in [0.4, 0.5) is 0 Å². The van der Waals surface area contributed by atoms with Crippen molar-refractivity contribution in [1.29, 1.82) is 0 Å². The topological polar surface area (TPSA) is 37.3 Å². The summed E-state index contributed by atoms with van der Waals surface area (Å²) in [5.74, 6) is 4.86. The van der Waals surface area contributed by atoms with Crippen molar-refractivity contribution in [2.45, 2.75) is 99.5 Å². The number of hydrogen-bond acceptors (Lipinski definition) is 2. The molecule has 0 spiro atoms. The Labute approximate surface area is 197 Å². The third-order valence-corrected chi connectivity index (χ3v) is 10.8. The highest BCUT2D eigenvalue weighted by atomic mass is 16.3. The van der Waals surface area contributed by atoms with E-state index in [1.54, 1.807) is 0 Å². The van der Waals surface area contributed by atoms with Gasteiger partial charge in [-0.3, -0.25) is 4.79 Å². The van der Waals surface area contributed by atoms with Gasteiger partial charge in [0.1, 0.15) is 0 Å². The van der Waals surface area contributed by atoms with E-state index >= 15 is 0 Å². The molecule has 0 aliphatic heterocycles. The molecule has 4 aliphatic carbocycles. The fourth-order valence-electron chi connectivity index (χ4n) is 8.94. The lowest BCUT2D eigenvalue weighted by molar-refractivity contribution is -0.134. The number of aliphatic hydroxyl groups excluding tert-OH is 1. The van der Waals surface area contributed by atoms with Crippen LogP contribution < -0.4 is 0 Å². The minimum absolute atomic E-state index is 0.129. The van der Waals surface area contributed by atoms with Gasteiger partial charge in [0.15, 0.2) is 5.78 Å². The maximum atomic E-state index is 13.5. The second kappa shape index (κ2) is 8.71. The van der Waals surface area contributed by atoms with Gasteiger partial charge < -0.3 is 5.11 Å². The minimum Gasteiger partial charge on any atom is -0.393 e. The van der Waals surface area contributed by atoms with Gasteiger partial charge in [0.2, 0.25) is 0 Å². The molecule has 0 radical (unpaired) electrons. The molecule has 0 unspecified atom stereocenters. The third-order valence-electron chi connectivity index (χ3n) is 10.8. The maximum absolute atomic E-state index is 13.5. The summed E-state index contributed by atoms with van der Waals surface area (Å²) in [6, 6.07) is 0.